The standard InChI is InChI=1S/C13H12INO2/c14-11-4-3-5-12(10-11)17-9-8-15-7-2-1-6-13(15)16/h1-7,10H,8-9H2. The van der Waals surface area contributed by atoms with E-state index in [0.717, 1.165) is 9.32 Å². The van der Waals surface area contributed by atoms with E-state index in [2.05, 4.69) is 22.6 Å². The van der Waals surface area contributed by atoms with Crippen molar-refractivity contribution in [1.29, 1.82) is 0 Å². The average Bonchev–Trinajstić information content (AvgIpc) is 2.32. The molecule has 0 amide bonds. The van der Waals surface area contributed by atoms with E-state index in [-0.39, 0.29) is 5.56 Å². The zero-order chi connectivity index (χ0) is 12.1. The molecule has 0 saturated heterocycles. The van der Waals surface area contributed by atoms with Gasteiger partial charge in [-0.15, -0.1) is 0 Å². The zero-order valence-electron chi connectivity index (χ0n) is 9.17. The molecule has 88 valence electrons. The van der Waals surface area contributed by atoms with Gasteiger partial charge in [-0.3, -0.25) is 4.79 Å². The van der Waals surface area contributed by atoms with Gasteiger partial charge in [0.05, 0.1) is 6.54 Å². The molecular formula is C13H12INO2. The van der Waals surface area contributed by atoms with Crippen molar-refractivity contribution in [2.24, 2.45) is 0 Å². The van der Waals surface area contributed by atoms with Crippen molar-refractivity contribution >= 4 is 22.6 Å². The van der Waals surface area contributed by atoms with E-state index in [1.807, 2.05) is 30.3 Å². The summed E-state index contributed by atoms with van der Waals surface area (Å²) < 4.78 is 8.35. The van der Waals surface area contributed by atoms with E-state index in [9.17, 15) is 4.79 Å². The molecule has 0 spiro atoms. The Balaban J connectivity index is 1.92. The fourth-order valence-electron chi connectivity index (χ4n) is 1.46. The number of aromatic nitrogens is 1. The maximum Gasteiger partial charge on any atom is 0.250 e. The Bertz CT molecular complexity index is 551. The lowest BCUT2D eigenvalue weighted by Gasteiger charge is -2.08. The summed E-state index contributed by atoms with van der Waals surface area (Å²) in [7, 11) is 0. The third-order valence-electron chi connectivity index (χ3n) is 2.30. The number of nitrogens with zero attached hydrogens (tertiary/aromatic N) is 1. The van der Waals surface area contributed by atoms with Crippen LogP contribution in [-0.2, 0) is 6.54 Å². The van der Waals surface area contributed by atoms with E-state index >= 15 is 0 Å². The van der Waals surface area contributed by atoms with Crippen LogP contribution in [0.3, 0.4) is 0 Å². The van der Waals surface area contributed by atoms with Crippen LogP contribution < -0.4 is 10.3 Å². The molecule has 1 heterocycles. The second-order valence-corrected chi connectivity index (χ2v) is 4.78. The highest BCUT2D eigenvalue weighted by Gasteiger charge is 1.96. The third kappa shape index (κ3) is 3.59. The van der Waals surface area contributed by atoms with Crippen molar-refractivity contribution in [1.82, 2.24) is 4.57 Å². The number of rotatable bonds is 4. The number of ether oxygens (including phenoxy) is 1. The van der Waals surface area contributed by atoms with Gasteiger partial charge in [0, 0.05) is 15.8 Å². The van der Waals surface area contributed by atoms with Gasteiger partial charge in [-0.05, 0) is 46.9 Å². The molecule has 3 nitrogen and oxygen atoms in total. The minimum absolute atomic E-state index is 0.00116. The molecule has 0 aliphatic rings. The van der Waals surface area contributed by atoms with Gasteiger partial charge >= 0.3 is 0 Å². The number of pyridine rings is 1. The zero-order valence-corrected chi connectivity index (χ0v) is 11.3. The second-order valence-electron chi connectivity index (χ2n) is 3.54. The van der Waals surface area contributed by atoms with E-state index in [0.29, 0.717) is 13.2 Å². The van der Waals surface area contributed by atoms with Crippen molar-refractivity contribution in [3.63, 3.8) is 0 Å². The highest BCUT2D eigenvalue weighted by Crippen LogP contribution is 2.14. The van der Waals surface area contributed by atoms with E-state index < -0.39 is 0 Å². The quantitative estimate of drug-likeness (QED) is 0.801. The molecule has 0 bridgehead atoms. The van der Waals surface area contributed by atoms with Crippen LogP contribution in [0, 0.1) is 3.57 Å². The molecule has 17 heavy (non-hydrogen) atoms. The Labute approximate surface area is 113 Å². The predicted octanol–water partition coefficient (Wildman–Crippen LogP) is 2.53. The first-order valence-electron chi connectivity index (χ1n) is 5.29. The maximum atomic E-state index is 11.4. The smallest absolute Gasteiger partial charge is 0.250 e. The Morgan fingerprint density at radius 1 is 1.18 bits per heavy atom. The van der Waals surface area contributed by atoms with Gasteiger partial charge in [0.25, 0.3) is 5.56 Å². The van der Waals surface area contributed by atoms with Crippen molar-refractivity contribution in [3.05, 3.63) is 62.6 Å². The molecule has 1 aromatic carbocycles. The first kappa shape index (κ1) is 12.2. The van der Waals surface area contributed by atoms with E-state index in [1.165, 1.54) is 0 Å². The van der Waals surface area contributed by atoms with Gasteiger partial charge in [-0.1, -0.05) is 12.1 Å². The molecule has 0 fully saturated rings. The first-order chi connectivity index (χ1) is 8.25. The summed E-state index contributed by atoms with van der Waals surface area (Å²) in [6, 6.07) is 13.0. The summed E-state index contributed by atoms with van der Waals surface area (Å²) in [5.74, 6) is 0.834. The van der Waals surface area contributed by atoms with Crippen LogP contribution in [0.5, 0.6) is 5.75 Å². The number of hydrogen-bond acceptors (Lipinski definition) is 2. The predicted molar refractivity (Wildman–Crippen MR) is 75.4 cm³/mol. The van der Waals surface area contributed by atoms with Crippen LogP contribution in [0.2, 0.25) is 0 Å². The fourth-order valence-corrected chi connectivity index (χ4v) is 1.98. The Morgan fingerprint density at radius 3 is 2.82 bits per heavy atom. The highest BCUT2D eigenvalue weighted by molar-refractivity contribution is 14.1. The molecule has 0 N–H and O–H groups in total. The number of hydrogen-bond donors (Lipinski definition) is 0. The van der Waals surface area contributed by atoms with Crippen LogP contribution in [0.1, 0.15) is 0 Å². The van der Waals surface area contributed by atoms with Crippen LogP contribution in [0.4, 0.5) is 0 Å². The molecule has 0 atom stereocenters. The van der Waals surface area contributed by atoms with Gasteiger partial charge < -0.3 is 9.30 Å². The summed E-state index contributed by atoms with van der Waals surface area (Å²) in [6.45, 7) is 1.05. The average molecular weight is 341 g/mol. The van der Waals surface area contributed by atoms with E-state index in [4.69, 9.17) is 4.74 Å². The molecule has 2 aromatic rings. The second kappa shape index (κ2) is 5.86. The van der Waals surface area contributed by atoms with Crippen molar-refractivity contribution in [2.75, 3.05) is 6.61 Å². The fraction of sp³-hybridized carbons (Fsp3) is 0.154. The van der Waals surface area contributed by atoms with Crippen molar-refractivity contribution in [3.8, 4) is 5.75 Å². The minimum Gasteiger partial charge on any atom is -0.492 e. The number of benzene rings is 1. The van der Waals surface area contributed by atoms with Gasteiger partial charge in [0.2, 0.25) is 0 Å². The van der Waals surface area contributed by atoms with Crippen molar-refractivity contribution in [2.45, 2.75) is 6.54 Å². The first-order valence-corrected chi connectivity index (χ1v) is 6.37. The molecule has 0 saturated carbocycles. The molecule has 0 aliphatic heterocycles. The minimum atomic E-state index is -0.00116. The molecular weight excluding hydrogens is 329 g/mol. The Hall–Kier alpha value is -1.30. The van der Waals surface area contributed by atoms with Gasteiger partial charge in [-0.2, -0.15) is 0 Å². The summed E-state index contributed by atoms with van der Waals surface area (Å²) in [5, 5.41) is 0. The maximum absolute atomic E-state index is 11.4. The number of halogens is 1. The molecule has 2 rings (SSSR count). The normalized spacial score (nSPS) is 10.2. The summed E-state index contributed by atoms with van der Waals surface area (Å²) in [4.78, 5) is 11.4. The van der Waals surface area contributed by atoms with Crippen LogP contribution in [0.15, 0.2) is 53.5 Å². The molecule has 0 aliphatic carbocycles. The third-order valence-corrected chi connectivity index (χ3v) is 2.97. The van der Waals surface area contributed by atoms with E-state index in [1.54, 1.807) is 22.9 Å². The monoisotopic (exact) mass is 341 g/mol. The lowest BCUT2D eigenvalue weighted by Crippen LogP contribution is -2.21. The molecule has 0 radical (unpaired) electrons. The van der Waals surface area contributed by atoms with Gasteiger partial charge in [0.1, 0.15) is 12.4 Å². The summed E-state index contributed by atoms with van der Waals surface area (Å²) in [6.07, 6.45) is 1.76. The SMILES string of the molecule is O=c1ccccn1CCOc1cccc(I)c1. The molecule has 0 unspecified atom stereocenters. The van der Waals surface area contributed by atoms with Gasteiger partial charge in [0.15, 0.2) is 0 Å². The molecule has 1 aromatic heterocycles. The lowest BCUT2D eigenvalue weighted by atomic mass is 10.3. The lowest BCUT2D eigenvalue weighted by molar-refractivity contribution is 0.296. The van der Waals surface area contributed by atoms with Crippen LogP contribution in [0.25, 0.3) is 0 Å². The highest BCUT2D eigenvalue weighted by atomic mass is 127. The largest absolute Gasteiger partial charge is 0.492 e. The summed E-state index contributed by atoms with van der Waals surface area (Å²) in [5.41, 5.74) is -0.00116. The molecule has 4 heteroatoms. The van der Waals surface area contributed by atoms with Crippen LogP contribution >= 0.6 is 22.6 Å². The Kier molecular flexibility index (Phi) is 4.19. The van der Waals surface area contributed by atoms with Crippen LogP contribution in [-0.4, -0.2) is 11.2 Å². The Morgan fingerprint density at radius 2 is 2.06 bits per heavy atom. The topological polar surface area (TPSA) is 31.2 Å². The van der Waals surface area contributed by atoms with Crippen molar-refractivity contribution < 1.29 is 4.74 Å². The van der Waals surface area contributed by atoms with Gasteiger partial charge in [-0.25, -0.2) is 0 Å². The summed E-state index contributed by atoms with van der Waals surface area (Å²) >= 11 is 2.24.